The van der Waals surface area contributed by atoms with Crippen LogP contribution >= 0.6 is 0 Å². The van der Waals surface area contributed by atoms with Gasteiger partial charge in [-0.15, -0.1) is 0 Å². The smallest absolute Gasteiger partial charge is 0.267 e. The van der Waals surface area contributed by atoms with E-state index in [1.54, 1.807) is 12.3 Å². The molecule has 2 N–H and O–H groups in total. The second-order valence-corrected chi connectivity index (χ2v) is 7.64. The molecule has 0 radical (unpaired) electrons. The standard InChI is InChI=1S/C22H27N5O2/c1-14(2)10-11-29-17-7-5-6-16(12-17)21-18(13-24-22(23)25-21)19-8-9-20(28)27(26-19)15(3)4/h5-9,12-15H,10-11H2,1-4H3,(H2,23,24,25). The molecule has 0 bridgehead atoms. The lowest BCUT2D eigenvalue weighted by Crippen LogP contribution is -2.24. The highest BCUT2D eigenvalue weighted by Crippen LogP contribution is 2.31. The molecule has 3 rings (SSSR count). The highest BCUT2D eigenvalue weighted by molar-refractivity contribution is 5.79. The summed E-state index contributed by atoms with van der Waals surface area (Å²) >= 11 is 0. The van der Waals surface area contributed by atoms with Crippen molar-refractivity contribution in [3.8, 4) is 28.3 Å². The van der Waals surface area contributed by atoms with Crippen LogP contribution in [0.5, 0.6) is 5.75 Å². The predicted octanol–water partition coefficient (Wildman–Crippen LogP) is 3.96. The molecule has 2 aromatic heterocycles. The number of nitrogen functional groups attached to an aromatic ring is 1. The van der Waals surface area contributed by atoms with E-state index < -0.39 is 0 Å². The van der Waals surface area contributed by atoms with Crippen LogP contribution in [0.25, 0.3) is 22.5 Å². The number of anilines is 1. The summed E-state index contributed by atoms with van der Waals surface area (Å²) in [4.78, 5) is 20.7. The molecule has 0 atom stereocenters. The van der Waals surface area contributed by atoms with Crippen molar-refractivity contribution < 1.29 is 4.74 Å². The molecule has 152 valence electrons. The first-order valence-electron chi connectivity index (χ1n) is 9.81. The van der Waals surface area contributed by atoms with Gasteiger partial charge in [0.1, 0.15) is 5.75 Å². The average molecular weight is 393 g/mol. The van der Waals surface area contributed by atoms with Crippen molar-refractivity contribution in [2.24, 2.45) is 5.92 Å². The zero-order valence-corrected chi connectivity index (χ0v) is 17.3. The van der Waals surface area contributed by atoms with E-state index in [0.29, 0.717) is 29.5 Å². The molecule has 0 spiro atoms. The summed E-state index contributed by atoms with van der Waals surface area (Å²) in [6.07, 6.45) is 2.62. The average Bonchev–Trinajstić information content (AvgIpc) is 2.68. The highest BCUT2D eigenvalue weighted by atomic mass is 16.5. The SMILES string of the molecule is CC(C)CCOc1cccc(-c2nc(N)ncc2-c2ccc(=O)n(C(C)C)n2)c1. The summed E-state index contributed by atoms with van der Waals surface area (Å²) in [6, 6.07) is 10.9. The minimum atomic E-state index is -0.151. The van der Waals surface area contributed by atoms with Crippen molar-refractivity contribution in [3.63, 3.8) is 0 Å². The molecular formula is C22H27N5O2. The van der Waals surface area contributed by atoms with Crippen LogP contribution in [0.4, 0.5) is 5.95 Å². The largest absolute Gasteiger partial charge is 0.494 e. The number of rotatable bonds is 7. The Bertz CT molecular complexity index is 1040. The van der Waals surface area contributed by atoms with Crippen LogP contribution in [0.15, 0.2) is 47.4 Å². The molecule has 3 aromatic rings. The summed E-state index contributed by atoms with van der Waals surface area (Å²) in [7, 11) is 0. The van der Waals surface area contributed by atoms with E-state index >= 15 is 0 Å². The van der Waals surface area contributed by atoms with Gasteiger partial charge in [-0.05, 0) is 44.4 Å². The summed E-state index contributed by atoms with van der Waals surface area (Å²) in [6.45, 7) is 8.81. The van der Waals surface area contributed by atoms with E-state index in [1.165, 1.54) is 10.7 Å². The van der Waals surface area contributed by atoms with Crippen LogP contribution in [-0.2, 0) is 0 Å². The molecule has 0 aliphatic heterocycles. The number of ether oxygens (including phenoxy) is 1. The van der Waals surface area contributed by atoms with Crippen LogP contribution in [0.3, 0.4) is 0 Å². The van der Waals surface area contributed by atoms with Crippen molar-refractivity contribution in [2.45, 2.75) is 40.2 Å². The van der Waals surface area contributed by atoms with E-state index in [-0.39, 0.29) is 17.5 Å². The van der Waals surface area contributed by atoms with E-state index in [0.717, 1.165) is 17.7 Å². The third-order valence-electron chi connectivity index (χ3n) is 4.47. The monoisotopic (exact) mass is 393 g/mol. The Kier molecular flexibility index (Phi) is 6.26. The van der Waals surface area contributed by atoms with Gasteiger partial charge in [0.05, 0.1) is 24.0 Å². The maximum atomic E-state index is 12.1. The molecule has 0 fully saturated rings. The highest BCUT2D eigenvalue weighted by Gasteiger charge is 2.15. The van der Waals surface area contributed by atoms with Gasteiger partial charge in [0.15, 0.2) is 0 Å². The molecule has 0 saturated carbocycles. The molecule has 7 nitrogen and oxygen atoms in total. The number of nitrogens with two attached hydrogens (primary N) is 1. The third-order valence-corrected chi connectivity index (χ3v) is 4.47. The van der Waals surface area contributed by atoms with Crippen LogP contribution in [0, 0.1) is 5.92 Å². The topological polar surface area (TPSA) is 95.9 Å². The first-order chi connectivity index (χ1) is 13.8. The fraction of sp³-hybridized carbons (Fsp3) is 0.364. The zero-order chi connectivity index (χ0) is 21.0. The van der Waals surface area contributed by atoms with Gasteiger partial charge in [0.25, 0.3) is 5.56 Å². The van der Waals surface area contributed by atoms with Crippen molar-refractivity contribution in [3.05, 3.63) is 52.9 Å². The van der Waals surface area contributed by atoms with Gasteiger partial charge in [0, 0.05) is 23.4 Å². The quantitative estimate of drug-likeness (QED) is 0.653. The second-order valence-electron chi connectivity index (χ2n) is 7.64. The van der Waals surface area contributed by atoms with Gasteiger partial charge in [0.2, 0.25) is 5.95 Å². The maximum Gasteiger partial charge on any atom is 0.267 e. The summed E-state index contributed by atoms with van der Waals surface area (Å²) in [5.74, 6) is 1.52. The molecule has 0 aliphatic rings. The minimum Gasteiger partial charge on any atom is -0.494 e. The number of hydrogen-bond acceptors (Lipinski definition) is 6. The van der Waals surface area contributed by atoms with Gasteiger partial charge in [-0.3, -0.25) is 4.79 Å². The van der Waals surface area contributed by atoms with Crippen LogP contribution in [-0.4, -0.2) is 26.4 Å². The Labute approximate surface area is 170 Å². The minimum absolute atomic E-state index is 0.0571. The van der Waals surface area contributed by atoms with Gasteiger partial charge >= 0.3 is 0 Å². The molecule has 0 aliphatic carbocycles. The second kappa shape index (κ2) is 8.86. The molecule has 29 heavy (non-hydrogen) atoms. The van der Waals surface area contributed by atoms with E-state index in [2.05, 4.69) is 28.9 Å². The van der Waals surface area contributed by atoms with Crippen molar-refractivity contribution in [1.82, 2.24) is 19.7 Å². The lowest BCUT2D eigenvalue weighted by Gasteiger charge is -2.13. The Balaban J connectivity index is 2.02. The fourth-order valence-electron chi connectivity index (χ4n) is 2.89. The van der Waals surface area contributed by atoms with Gasteiger partial charge in [-0.1, -0.05) is 26.0 Å². The van der Waals surface area contributed by atoms with Crippen molar-refractivity contribution >= 4 is 5.95 Å². The summed E-state index contributed by atoms with van der Waals surface area (Å²) < 4.78 is 7.33. The predicted molar refractivity (Wildman–Crippen MR) is 115 cm³/mol. The number of hydrogen-bond donors (Lipinski definition) is 1. The van der Waals surface area contributed by atoms with E-state index in [4.69, 9.17) is 10.5 Å². The van der Waals surface area contributed by atoms with Gasteiger partial charge in [-0.2, -0.15) is 5.10 Å². The molecular weight excluding hydrogens is 366 g/mol. The molecule has 7 heteroatoms. The maximum absolute atomic E-state index is 12.1. The Morgan fingerprint density at radius 3 is 2.66 bits per heavy atom. The van der Waals surface area contributed by atoms with E-state index in [9.17, 15) is 4.79 Å². The van der Waals surface area contributed by atoms with E-state index in [1.807, 2.05) is 38.1 Å². The zero-order valence-electron chi connectivity index (χ0n) is 17.3. The lowest BCUT2D eigenvalue weighted by atomic mass is 10.0. The Morgan fingerprint density at radius 1 is 1.14 bits per heavy atom. The summed E-state index contributed by atoms with van der Waals surface area (Å²) in [5, 5.41) is 4.50. The van der Waals surface area contributed by atoms with Crippen LogP contribution in [0.2, 0.25) is 0 Å². The van der Waals surface area contributed by atoms with Crippen LogP contribution in [0.1, 0.15) is 40.2 Å². The van der Waals surface area contributed by atoms with Crippen LogP contribution < -0.4 is 16.0 Å². The van der Waals surface area contributed by atoms with Gasteiger partial charge < -0.3 is 10.5 Å². The molecule has 1 aromatic carbocycles. The Morgan fingerprint density at radius 2 is 1.93 bits per heavy atom. The van der Waals surface area contributed by atoms with Gasteiger partial charge in [-0.25, -0.2) is 14.6 Å². The van der Waals surface area contributed by atoms with Crippen molar-refractivity contribution in [2.75, 3.05) is 12.3 Å². The number of nitrogens with zero attached hydrogens (tertiary/aromatic N) is 4. The summed E-state index contributed by atoms with van der Waals surface area (Å²) in [5.41, 5.74) is 8.52. The third kappa shape index (κ3) is 4.99. The molecule has 0 amide bonds. The van der Waals surface area contributed by atoms with Crippen molar-refractivity contribution in [1.29, 1.82) is 0 Å². The first kappa shape index (κ1) is 20.5. The number of benzene rings is 1. The number of aromatic nitrogens is 4. The fourth-order valence-corrected chi connectivity index (χ4v) is 2.89. The Hall–Kier alpha value is -3.22. The lowest BCUT2D eigenvalue weighted by molar-refractivity contribution is 0.289. The normalized spacial score (nSPS) is 11.2. The molecule has 0 unspecified atom stereocenters. The molecule has 0 saturated heterocycles. The first-order valence-corrected chi connectivity index (χ1v) is 9.81. The molecule has 2 heterocycles.